The van der Waals surface area contributed by atoms with Crippen molar-refractivity contribution in [2.45, 2.75) is 6.92 Å². The zero-order valence-electron chi connectivity index (χ0n) is 5.92. The van der Waals surface area contributed by atoms with Gasteiger partial charge in [0, 0.05) is 11.9 Å². The Balaban J connectivity index is 2.49. The molecule has 0 saturated heterocycles. The highest BCUT2D eigenvalue weighted by Crippen LogP contribution is 2.13. The van der Waals surface area contributed by atoms with Gasteiger partial charge in [0.15, 0.2) is 5.13 Å². The quantitative estimate of drug-likeness (QED) is 0.674. The van der Waals surface area contributed by atoms with E-state index in [1.54, 1.807) is 11.3 Å². The van der Waals surface area contributed by atoms with E-state index < -0.39 is 0 Å². The van der Waals surface area contributed by atoms with Crippen LogP contribution in [0.25, 0.3) is 0 Å². The lowest BCUT2D eigenvalue weighted by Gasteiger charge is -1.93. The summed E-state index contributed by atoms with van der Waals surface area (Å²) in [5.74, 6) is 0. The van der Waals surface area contributed by atoms with Gasteiger partial charge in [-0.3, -0.25) is 0 Å². The first-order valence-corrected chi connectivity index (χ1v) is 3.98. The Bertz CT molecular complexity index is 217. The number of aryl methyl sites for hydroxylation is 1. The van der Waals surface area contributed by atoms with Crippen LogP contribution in [0.5, 0.6) is 0 Å². The van der Waals surface area contributed by atoms with E-state index in [1.165, 1.54) is 0 Å². The second-order valence-corrected chi connectivity index (χ2v) is 2.82. The Morgan fingerprint density at radius 1 is 1.90 bits per heavy atom. The maximum absolute atomic E-state index is 4.21. The molecule has 0 fully saturated rings. The van der Waals surface area contributed by atoms with E-state index >= 15 is 0 Å². The van der Waals surface area contributed by atoms with Crippen LogP contribution in [0.4, 0.5) is 5.13 Å². The minimum absolute atomic E-state index is 0.785. The highest BCUT2D eigenvalue weighted by Gasteiger charge is 1.93. The van der Waals surface area contributed by atoms with Crippen molar-refractivity contribution < 1.29 is 0 Å². The van der Waals surface area contributed by atoms with Crippen LogP contribution < -0.4 is 5.32 Å². The first-order valence-electron chi connectivity index (χ1n) is 3.10. The molecule has 0 aliphatic carbocycles. The molecule has 1 aromatic rings. The molecule has 2 nitrogen and oxygen atoms in total. The van der Waals surface area contributed by atoms with Gasteiger partial charge in [-0.05, 0) is 6.92 Å². The summed E-state index contributed by atoms with van der Waals surface area (Å²) in [7, 11) is 0. The number of thiazole rings is 1. The largest absolute Gasteiger partial charge is 0.358 e. The topological polar surface area (TPSA) is 24.9 Å². The third-order valence-electron chi connectivity index (χ3n) is 1.02. The fourth-order valence-electron chi connectivity index (χ4n) is 0.595. The first-order chi connectivity index (χ1) is 4.83. The van der Waals surface area contributed by atoms with Crippen molar-refractivity contribution in [2.75, 3.05) is 11.9 Å². The highest BCUT2D eigenvalue weighted by atomic mass is 32.1. The van der Waals surface area contributed by atoms with Crippen LogP contribution in [-0.4, -0.2) is 11.5 Å². The molecule has 0 aliphatic heterocycles. The summed E-state index contributed by atoms with van der Waals surface area (Å²) in [5.41, 5.74) is 1.07. The van der Waals surface area contributed by atoms with Crippen LogP contribution >= 0.6 is 11.3 Å². The predicted molar refractivity (Wildman–Crippen MR) is 45.5 cm³/mol. The number of hydrogen-bond donors (Lipinski definition) is 1. The maximum atomic E-state index is 4.21. The minimum atomic E-state index is 0.785. The van der Waals surface area contributed by atoms with Gasteiger partial charge < -0.3 is 5.32 Å². The molecular weight excluding hydrogens is 144 g/mol. The molecule has 0 aromatic carbocycles. The molecule has 0 bridgehead atoms. The fourth-order valence-corrected chi connectivity index (χ4v) is 1.29. The Morgan fingerprint density at radius 2 is 2.70 bits per heavy atom. The molecule has 0 spiro atoms. The highest BCUT2D eigenvalue weighted by molar-refractivity contribution is 7.13. The van der Waals surface area contributed by atoms with Crippen LogP contribution in [0, 0.1) is 6.92 Å². The maximum Gasteiger partial charge on any atom is 0.183 e. The fraction of sp³-hybridized carbons (Fsp3) is 0.286. The summed E-state index contributed by atoms with van der Waals surface area (Å²) in [6.45, 7) is 6.36. The monoisotopic (exact) mass is 154 g/mol. The van der Waals surface area contributed by atoms with Crippen molar-refractivity contribution in [1.29, 1.82) is 0 Å². The van der Waals surface area contributed by atoms with Gasteiger partial charge in [0.05, 0.1) is 5.69 Å². The number of rotatable bonds is 3. The Labute approximate surface area is 64.6 Å². The van der Waals surface area contributed by atoms with Crippen molar-refractivity contribution in [3.63, 3.8) is 0 Å². The molecule has 54 valence electrons. The van der Waals surface area contributed by atoms with Gasteiger partial charge in [0.1, 0.15) is 0 Å². The number of hydrogen-bond acceptors (Lipinski definition) is 3. The summed E-state index contributed by atoms with van der Waals surface area (Å²) >= 11 is 1.62. The van der Waals surface area contributed by atoms with E-state index in [-0.39, 0.29) is 0 Å². The lowest BCUT2D eigenvalue weighted by Crippen LogP contribution is -1.96. The second-order valence-electron chi connectivity index (χ2n) is 1.96. The molecule has 0 radical (unpaired) electrons. The van der Waals surface area contributed by atoms with Crippen molar-refractivity contribution in [3.8, 4) is 0 Å². The van der Waals surface area contributed by atoms with E-state index in [1.807, 2.05) is 18.4 Å². The van der Waals surface area contributed by atoms with Gasteiger partial charge in [-0.25, -0.2) is 4.98 Å². The Morgan fingerprint density at radius 3 is 3.20 bits per heavy atom. The molecule has 1 heterocycles. The summed E-state index contributed by atoms with van der Waals surface area (Å²) in [5, 5.41) is 6.09. The Kier molecular flexibility index (Phi) is 2.45. The zero-order valence-corrected chi connectivity index (χ0v) is 6.74. The average molecular weight is 154 g/mol. The molecule has 0 atom stereocenters. The van der Waals surface area contributed by atoms with Crippen molar-refractivity contribution in [1.82, 2.24) is 4.98 Å². The van der Waals surface area contributed by atoms with Gasteiger partial charge in [-0.1, -0.05) is 6.08 Å². The molecule has 0 aliphatic rings. The lowest BCUT2D eigenvalue weighted by atomic mass is 10.6. The standard InChI is InChI=1S/C7H10N2S/c1-3-4-8-7-9-6(2)5-10-7/h3,5H,1,4H2,2H3,(H,8,9). The van der Waals surface area contributed by atoms with Gasteiger partial charge in [0.2, 0.25) is 0 Å². The average Bonchev–Trinajstić information content (AvgIpc) is 2.31. The van der Waals surface area contributed by atoms with Gasteiger partial charge in [0.25, 0.3) is 0 Å². The molecule has 0 saturated carbocycles. The van der Waals surface area contributed by atoms with Crippen molar-refractivity contribution in [3.05, 3.63) is 23.7 Å². The van der Waals surface area contributed by atoms with Crippen LogP contribution in [0.3, 0.4) is 0 Å². The van der Waals surface area contributed by atoms with Crippen LogP contribution in [-0.2, 0) is 0 Å². The van der Waals surface area contributed by atoms with Crippen LogP contribution in [0.2, 0.25) is 0 Å². The van der Waals surface area contributed by atoms with E-state index in [9.17, 15) is 0 Å². The molecule has 1 N–H and O–H groups in total. The molecule has 10 heavy (non-hydrogen) atoms. The second kappa shape index (κ2) is 3.37. The Hall–Kier alpha value is -0.830. The first kappa shape index (κ1) is 7.28. The van der Waals surface area contributed by atoms with Gasteiger partial charge >= 0.3 is 0 Å². The molecule has 3 heteroatoms. The third-order valence-corrected chi connectivity index (χ3v) is 1.93. The summed E-state index contributed by atoms with van der Waals surface area (Å²) in [4.78, 5) is 4.21. The van der Waals surface area contributed by atoms with Crippen molar-refractivity contribution >= 4 is 16.5 Å². The predicted octanol–water partition coefficient (Wildman–Crippen LogP) is 2.05. The summed E-state index contributed by atoms with van der Waals surface area (Å²) in [6.07, 6.45) is 1.82. The number of anilines is 1. The lowest BCUT2D eigenvalue weighted by molar-refractivity contribution is 1.22. The molecule has 1 rings (SSSR count). The third kappa shape index (κ3) is 1.84. The van der Waals surface area contributed by atoms with Crippen LogP contribution in [0.15, 0.2) is 18.0 Å². The van der Waals surface area contributed by atoms with E-state index in [2.05, 4.69) is 16.9 Å². The van der Waals surface area contributed by atoms with Gasteiger partial charge in [-0.15, -0.1) is 17.9 Å². The SMILES string of the molecule is C=CCNc1nc(C)cs1. The molecule has 0 unspecified atom stereocenters. The van der Waals surface area contributed by atoms with E-state index in [0.29, 0.717) is 0 Å². The van der Waals surface area contributed by atoms with Gasteiger partial charge in [-0.2, -0.15) is 0 Å². The smallest absolute Gasteiger partial charge is 0.183 e. The normalized spacial score (nSPS) is 9.30. The minimum Gasteiger partial charge on any atom is -0.358 e. The summed E-state index contributed by atoms with van der Waals surface area (Å²) in [6, 6.07) is 0. The van der Waals surface area contributed by atoms with Crippen molar-refractivity contribution in [2.24, 2.45) is 0 Å². The van der Waals surface area contributed by atoms with Crippen LogP contribution in [0.1, 0.15) is 5.69 Å². The molecular formula is C7H10N2S. The molecule has 1 aromatic heterocycles. The molecule has 0 amide bonds. The number of nitrogens with one attached hydrogen (secondary N) is 1. The number of aromatic nitrogens is 1. The summed E-state index contributed by atoms with van der Waals surface area (Å²) < 4.78 is 0. The number of nitrogens with zero attached hydrogens (tertiary/aromatic N) is 1. The van der Waals surface area contributed by atoms with E-state index in [4.69, 9.17) is 0 Å². The zero-order chi connectivity index (χ0) is 7.40. The van der Waals surface area contributed by atoms with E-state index in [0.717, 1.165) is 17.4 Å².